The molecule has 4 N–H and O–H groups in total. The summed E-state index contributed by atoms with van der Waals surface area (Å²) in [6.45, 7) is -0.628. The summed E-state index contributed by atoms with van der Waals surface area (Å²) in [6.07, 6.45) is -6.10. The van der Waals surface area contributed by atoms with Crippen LogP contribution in [0.4, 0.5) is 0 Å². The molecule has 0 saturated carbocycles. The van der Waals surface area contributed by atoms with E-state index in [1.165, 1.54) is 12.1 Å². The molecular weight excluding hydrogens is 272 g/mol. The molecule has 0 bridgehead atoms. The van der Waals surface area contributed by atoms with E-state index in [-0.39, 0.29) is 12.4 Å². The Kier molecular flexibility index (Phi) is 4.86. The maximum Gasteiger partial charge on any atom is 0.187 e. The fourth-order valence-corrected chi connectivity index (χ4v) is 1.90. The average Bonchev–Trinajstić information content (AvgIpc) is 2.92. The zero-order chi connectivity index (χ0) is 14.7. The van der Waals surface area contributed by atoms with E-state index in [1.807, 2.05) is 0 Å². The molecule has 1 aromatic rings. The minimum atomic E-state index is -1.49. The summed E-state index contributed by atoms with van der Waals surface area (Å²) in [7, 11) is 0. The molecule has 1 aliphatic heterocycles. The van der Waals surface area contributed by atoms with Crippen LogP contribution in [0.5, 0.6) is 0 Å². The highest BCUT2D eigenvalue weighted by molar-refractivity contribution is 5.70. The molecule has 2 rings (SSSR count). The summed E-state index contributed by atoms with van der Waals surface area (Å²) < 4.78 is 15.4. The fourth-order valence-electron chi connectivity index (χ4n) is 1.90. The molecule has 20 heavy (non-hydrogen) atoms. The van der Waals surface area contributed by atoms with Crippen LogP contribution in [0.15, 0.2) is 16.5 Å². The van der Waals surface area contributed by atoms with E-state index in [2.05, 4.69) is 0 Å². The van der Waals surface area contributed by atoms with Crippen molar-refractivity contribution in [1.82, 2.24) is 0 Å². The number of carbonyl (C=O) groups excluding carboxylic acids is 1. The molecular formula is C12H16O8. The van der Waals surface area contributed by atoms with Crippen LogP contribution in [-0.2, 0) is 16.1 Å². The van der Waals surface area contributed by atoms with Gasteiger partial charge in [-0.25, -0.2) is 0 Å². The first-order valence-corrected chi connectivity index (χ1v) is 6.03. The number of ether oxygens (including phenoxy) is 2. The fraction of sp³-hybridized carbons (Fsp3) is 0.583. The second kappa shape index (κ2) is 6.44. The van der Waals surface area contributed by atoms with E-state index >= 15 is 0 Å². The standard InChI is InChI=1S/C12H16O8/c13-3-6-1-2-7(19-6)5-18-12-11(17)10(16)9(15)8(4-14)20-12/h1-3,8-12,14-17H,4-5H2. The van der Waals surface area contributed by atoms with Crippen LogP contribution in [0.3, 0.4) is 0 Å². The third-order valence-corrected chi connectivity index (χ3v) is 3.04. The Morgan fingerprint density at radius 1 is 1.20 bits per heavy atom. The lowest BCUT2D eigenvalue weighted by atomic mass is 9.99. The molecule has 0 aliphatic carbocycles. The number of hydrogen-bond acceptors (Lipinski definition) is 8. The van der Waals surface area contributed by atoms with Crippen molar-refractivity contribution < 1.29 is 39.1 Å². The van der Waals surface area contributed by atoms with Crippen molar-refractivity contribution >= 4 is 6.29 Å². The Hall–Kier alpha value is -1.29. The van der Waals surface area contributed by atoms with Crippen molar-refractivity contribution in [2.45, 2.75) is 37.3 Å². The van der Waals surface area contributed by atoms with Gasteiger partial charge in [-0.05, 0) is 12.1 Å². The zero-order valence-corrected chi connectivity index (χ0v) is 10.5. The Labute approximate surface area is 114 Å². The lowest BCUT2D eigenvalue weighted by Gasteiger charge is -2.39. The summed E-state index contributed by atoms with van der Waals surface area (Å²) in [4.78, 5) is 10.5. The average molecular weight is 288 g/mol. The van der Waals surface area contributed by atoms with Gasteiger partial charge in [-0.15, -0.1) is 0 Å². The predicted molar refractivity (Wildman–Crippen MR) is 62.7 cm³/mol. The highest BCUT2D eigenvalue weighted by Gasteiger charge is 2.44. The molecule has 1 fully saturated rings. The van der Waals surface area contributed by atoms with Gasteiger partial charge in [0, 0.05) is 0 Å². The van der Waals surface area contributed by atoms with Crippen molar-refractivity contribution in [1.29, 1.82) is 0 Å². The number of carbonyl (C=O) groups is 1. The van der Waals surface area contributed by atoms with Crippen LogP contribution in [0, 0.1) is 0 Å². The van der Waals surface area contributed by atoms with E-state index in [0.717, 1.165) is 0 Å². The molecule has 1 aliphatic rings. The van der Waals surface area contributed by atoms with Crippen molar-refractivity contribution in [2.24, 2.45) is 0 Å². The van der Waals surface area contributed by atoms with E-state index in [9.17, 15) is 20.1 Å². The lowest BCUT2D eigenvalue weighted by molar-refractivity contribution is -0.304. The number of rotatable bonds is 5. The zero-order valence-electron chi connectivity index (χ0n) is 10.5. The summed E-state index contributed by atoms with van der Waals surface area (Å²) in [6, 6.07) is 2.98. The van der Waals surface area contributed by atoms with Crippen LogP contribution in [-0.4, -0.2) is 64.0 Å². The number of hydrogen-bond donors (Lipinski definition) is 4. The van der Waals surface area contributed by atoms with Crippen molar-refractivity contribution in [3.8, 4) is 0 Å². The predicted octanol–water partition coefficient (Wildman–Crippen LogP) is -1.59. The number of aldehydes is 1. The number of aliphatic hydroxyl groups is 4. The number of aliphatic hydroxyl groups excluding tert-OH is 4. The Morgan fingerprint density at radius 3 is 2.55 bits per heavy atom. The second-order valence-corrected chi connectivity index (χ2v) is 4.43. The quantitative estimate of drug-likeness (QED) is 0.477. The molecule has 0 spiro atoms. The van der Waals surface area contributed by atoms with Gasteiger partial charge in [0.25, 0.3) is 0 Å². The van der Waals surface area contributed by atoms with Gasteiger partial charge in [0.05, 0.1) is 6.61 Å². The van der Waals surface area contributed by atoms with Gasteiger partial charge in [-0.3, -0.25) is 4.79 Å². The summed E-state index contributed by atoms with van der Waals surface area (Å²) in [5.74, 6) is 0.474. The van der Waals surface area contributed by atoms with Crippen LogP contribution in [0.1, 0.15) is 16.3 Å². The summed E-state index contributed by atoms with van der Waals surface area (Å²) >= 11 is 0. The molecule has 0 amide bonds. The molecule has 5 atom stereocenters. The maximum absolute atomic E-state index is 10.5. The van der Waals surface area contributed by atoms with Gasteiger partial charge in [0.1, 0.15) is 36.8 Å². The topological polar surface area (TPSA) is 130 Å². The highest BCUT2D eigenvalue weighted by atomic mass is 16.7. The number of furan rings is 1. The van der Waals surface area contributed by atoms with Gasteiger partial charge in [0.2, 0.25) is 0 Å². The highest BCUT2D eigenvalue weighted by Crippen LogP contribution is 2.23. The minimum Gasteiger partial charge on any atom is -0.456 e. The van der Waals surface area contributed by atoms with Crippen LogP contribution in [0.2, 0.25) is 0 Å². The first kappa shape index (κ1) is 15.1. The molecule has 8 heteroatoms. The van der Waals surface area contributed by atoms with Crippen molar-refractivity contribution in [3.63, 3.8) is 0 Å². The third kappa shape index (κ3) is 3.06. The molecule has 1 aromatic heterocycles. The Balaban J connectivity index is 1.95. The Morgan fingerprint density at radius 2 is 1.95 bits per heavy atom. The molecule has 0 radical (unpaired) electrons. The molecule has 5 unspecified atom stereocenters. The smallest absolute Gasteiger partial charge is 0.187 e. The molecule has 0 aromatic carbocycles. The van der Waals surface area contributed by atoms with E-state index in [0.29, 0.717) is 12.0 Å². The van der Waals surface area contributed by atoms with Crippen LogP contribution in [0.25, 0.3) is 0 Å². The van der Waals surface area contributed by atoms with Gasteiger partial charge < -0.3 is 34.3 Å². The van der Waals surface area contributed by atoms with E-state index in [4.69, 9.17) is 19.0 Å². The molecule has 8 nitrogen and oxygen atoms in total. The molecule has 1 saturated heterocycles. The largest absolute Gasteiger partial charge is 0.456 e. The van der Waals surface area contributed by atoms with Crippen LogP contribution >= 0.6 is 0 Å². The maximum atomic E-state index is 10.5. The van der Waals surface area contributed by atoms with E-state index in [1.54, 1.807) is 0 Å². The first-order chi connectivity index (χ1) is 9.56. The Bertz CT molecular complexity index is 442. The van der Waals surface area contributed by atoms with Crippen LogP contribution < -0.4 is 0 Å². The summed E-state index contributed by atoms with van der Waals surface area (Å²) in [5.41, 5.74) is 0. The lowest BCUT2D eigenvalue weighted by Crippen LogP contribution is -2.59. The van der Waals surface area contributed by atoms with Crippen molar-refractivity contribution in [3.05, 3.63) is 23.7 Å². The molecule has 112 valence electrons. The molecule has 2 heterocycles. The first-order valence-electron chi connectivity index (χ1n) is 6.03. The monoisotopic (exact) mass is 288 g/mol. The second-order valence-electron chi connectivity index (χ2n) is 4.43. The summed E-state index contributed by atoms with van der Waals surface area (Å²) in [5, 5.41) is 37.9. The van der Waals surface area contributed by atoms with Gasteiger partial charge >= 0.3 is 0 Å². The van der Waals surface area contributed by atoms with Gasteiger partial charge in [-0.1, -0.05) is 0 Å². The normalized spacial score (nSPS) is 34.1. The third-order valence-electron chi connectivity index (χ3n) is 3.04. The van der Waals surface area contributed by atoms with Gasteiger partial charge in [0.15, 0.2) is 18.3 Å². The van der Waals surface area contributed by atoms with Gasteiger partial charge in [-0.2, -0.15) is 0 Å². The SMILES string of the molecule is O=Cc1ccc(COC2OC(CO)C(O)C(O)C2O)o1. The van der Waals surface area contributed by atoms with Crippen molar-refractivity contribution in [2.75, 3.05) is 6.61 Å². The van der Waals surface area contributed by atoms with E-state index < -0.39 is 37.3 Å². The minimum absolute atomic E-state index is 0.101.